The van der Waals surface area contributed by atoms with Crippen molar-refractivity contribution in [3.05, 3.63) is 71.3 Å². The first-order chi connectivity index (χ1) is 15.6. The van der Waals surface area contributed by atoms with Crippen LogP contribution in [0.25, 0.3) is 0 Å². The van der Waals surface area contributed by atoms with Crippen LogP contribution in [-0.2, 0) is 9.67 Å². The molecule has 33 heavy (non-hydrogen) atoms. The number of amides is 3. The maximum Gasteiger partial charge on any atom is 0.341 e. The number of rotatable bonds is 6. The zero-order valence-corrected chi connectivity index (χ0v) is 18.4. The van der Waals surface area contributed by atoms with Crippen molar-refractivity contribution >= 4 is 34.7 Å². The summed E-state index contributed by atoms with van der Waals surface area (Å²) in [5.41, 5.74) is 11.1. The van der Waals surface area contributed by atoms with Crippen molar-refractivity contribution < 1.29 is 23.5 Å². The van der Waals surface area contributed by atoms with Crippen LogP contribution in [0.2, 0.25) is 0 Å². The number of aliphatic hydroxyl groups excluding tert-OH is 1. The maximum atomic E-state index is 14.5. The summed E-state index contributed by atoms with van der Waals surface area (Å²) >= 11 is 1.03. The third-order valence-corrected chi connectivity index (χ3v) is 6.19. The highest BCUT2D eigenvalue weighted by Gasteiger charge is 2.49. The van der Waals surface area contributed by atoms with Gasteiger partial charge in [-0.05, 0) is 30.7 Å². The van der Waals surface area contributed by atoms with E-state index < -0.39 is 34.5 Å². The van der Waals surface area contributed by atoms with Crippen LogP contribution in [0.5, 0.6) is 0 Å². The summed E-state index contributed by atoms with van der Waals surface area (Å²) in [6, 6.07) is 10.7. The highest BCUT2D eigenvalue weighted by Crippen LogP contribution is 2.50. The van der Waals surface area contributed by atoms with E-state index in [-0.39, 0.29) is 29.5 Å². The molecule has 0 bridgehead atoms. The predicted molar refractivity (Wildman–Crippen MR) is 121 cm³/mol. The fourth-order valence-electron chi connectivity index (χ4n) is 3.27. The van der Waals surface area contributed by atoms with Gasteiger partial charge in [-0.3, -0.25) is 4.79 Å². The number of thioether (sulfide) groups is 1. The van der Waals surface area contributed by atoms with Gasteiger partial charge in [0.1, 0.15) is 27.7 Å². The second-order valence-electron chi connectivity index (χ2n) is 7.12. The van der Waals surface area contributed by atoms with Crippen molar-refractivity contribution in [3.63, 3.8) is 0 Å². The van der Waals surface area contributed by atoms with E-state index >= 15 is 0 Å². The summed E-state index contributed by atoms with van der Waals surface area (Å²) in [5.74, 6) is -2.35. The average Bonchev–Trinajstić information content (AvgIpc) is 3.15. The topological polar surface area (TPSA) is 146 Å². The first kappa shape index (κ1) is 24.1. The smallest absolute Gasteiger partial charge is 0.341 e. The third-order valence-electron chi connectivity index (χ3n) is 4.75. The number of nitrogens with zero attached hydrogens (tertiary/aromatic N) is 3. The van der Waals surface area contributed by atoms with Gasteiger partial charge in [0, 0.05) is 18.5 Å². The Hall–Kier alpha value is -3.51. The Balaban J connectivity index is 2.06. The van der Waals surface area contributed by atoms with Gasteiger partial charge >= 0.3 is 6.03 Å². The van der Waals surface area contributed by atoms with Gasteiger partial charge < -0.3 is 21.9 Å². The molecule has 6 N–H and O–H groups in total. The molecule has 2 aromatic carbocycles. The summed E-state index contributed by atoms with van der Waals surface area (Å²) < 4.78 is 28.4. The Kier molecular flexibility index (Phi) is 7.29. The van der Waals surface area contributed by atoms with Gasteiger partial charge in [-0.2, -0.15) is 10.1 Å². The van der Waals surface area contributed by atoms with Gasteiger partial charge in [-0.15, -0.1) is 0 Å². The molecule has 0 aromatic heterocycles. The van der Waals surface area contributed by atoms with Crippen molar-refractivity contribution in [3.8, 4) is 0 Å². The number of nitrogens with one attached hydrogen (secondary N) is 1. The zero-order chi connectivity index (χ0) is 24.2. The molecule has 3 rings (SSSR count). The van der Waals surface area contributed by atoms with Gasteiger partial charge in [-0.25, -0.2) is 18.6 Å². The number of guanidine groups is 1. The molecular formula is C21H22F2N6O3S. The number of hydrazone groups is 1. The number of urea groups is 1. The molecule has 174 valence electrons. The lowest BCUT2D eigenvalue weighted by Crippen LogP contribution is -2.47. The van der Waals surface area contributed by atoms with Gasteiger partial charge in [-0.1, -0.05) is 42.1 Å². The van der Waals surface area contributed by atoms with E-state index in [1.54, 1.807) is 30.3 Å². The minimum absolute atomic E-state index is 0.0589. The molecule has 2 aromatic rings. The lowest BCUT2D eigenvalue weighted by Gasteiger charge is -2.36. The summed E-state index contributed by atoms with van der Waals surface area (Å²) in [5, 5.41) is 18.2. The Morgan fingerprint density at radius 2 is 1.94 bits per heavy atom. The molecule has 1 heterocycles. The molecule has 1 aliphatic heterocycles. The van der Waals surface area contributed by atoms with E-state index in [1.165, 1.54) is 6.92 Å². The Bertz CT molecular complexity index is 1110. The van der Waals surface area contributed by atoms with Crippen molar-refractivity contribution in [1.29, 1.82) is 0 Å². The molecule has 0 saturated heterocycles. The standard InChI is InChI=1S/C21H22F2N6O3S/c1-12(30)18(31)29-21(13-5-3-2-4-6-13,9-10-26-19(24)27-20(25)32)33-17(28-29)15-11-14(22)7-8-16(15)23/h2-8,11-12,30H,9-10H2,1H3,(H5,24,25,26,27,32). The predicted octanol–water partition coefficient (Wildman–Crippen LogP) is 1.81. The quantitative estimate of drug-likeness (QED) is 0.369. The second-order valence-corrected chi connectivity index (χ2v) is 8.39. The molecule has 0 saturated carbocycles. The minimum atomic E-state index is -1.41. The molecule has 1 aliphatic rings. The fraction of sp³-hybridized carbons (Fsp3) is 0.238. The number of aliphatic imine (C=N–C) groups is 1. The molecule has 9 nitrogen and oxygen atoms in total. The molecule has 0 aliphatic carbocycles. The number of aliphatic hydroxyl groups is 1. The van der Waals surface area contributed by atoms with E-state index in [0.29, 0.717) is 5.56 Å². The van der Waals surface area contributed by atoms with E-state index in [4.69, 9.17) is 11.5 Å². The first-order valence-corrected chi connectivity index (χ1v) is 10.6. The largest absolute Gasteiger partial charge is 0.383 e. The number of carbonyl (C=O) groups excluding carboxylic acids is 2. The molecule has 3 amide bonds. The third kappa shape index (κ3) is 5.29. The number of hydrogen-bond donors (Lipinski definition) is 4. The van der Waals surface area contributed by atoms with E-state index in [2.05, 4.69) is 15.4 Å². The van der Waals surface area contributed by atoms with Crippen LogP contribution >= 0.6 is 11.8 Å². The van der Waals surface area contributed by atoms with E-state index in [0.717, 1.165) is 35.0 Å². The average molecular weight is 477 g/mol. The molecule has 0 radical (unpaired) electrons. The lowest BCUT2D eigenvalue weighted by molar-refractivity contribution is -0.143. The SMILES string of the molecule is CC(O)C(=O)N1N=C(c2cc(F)ccc2F)SC1(CCNC(N)=NC(N)=O)c1ccccc1. The molecule has 0 spiro atoms. The molecule has 2 atom stereocenters. The normalized spacial score (nSPS) is 19.2. The molecule has 12 heteroatoms. The Morgan fingerprint density at radius 3 is 2.58 bits per heavy atom. The Labute approximate surface area is 192 Å². The van der Waals surface area contributed by atoms with Gasteiger partial charge in [0.25, 0.3) is 5.91 Å². The van der Waals surface area contributed by atoms with Gasteiger partial charge in [0.05, 0.1) is 0 Å². The number of benzene rings is 2. The summed E-state index contributed by atoms with van der Waals surface area (Å²) in [6.45, 7) is 1.39. The highest BCUT2D eigenvalue weighted by atomic mass is 32.2. The van der Waals surface area contributed by atoms with Crippen molar-refractivity contribution in [2.75, 3.05) is 6.54 Å². The maximum absolute atomic E-state index is 14.5. The Morgan fingerprint density at radius 1 is 1.24 bits per heavy atom. The molecular weight excluding hydrogens is 454 g/mol. The van der Waals surface area contributed by atoms with Crippen molar-refractivity contribution in [1.82, 2.24) is 10.3 Å². The highest BCUT2D eigenvalue weighted by molar-refractivity contribution is 8.15. The summed E-state index contributed by atoms with van der Waals surface area (Å²) in [4.78, 5) is 26.0. The van der Waals surface area contributed by atoms with Crippen LogP contribution < -0.4 is 16.8 Å². The van der Waals surface area contributed by atoms with Crippen LogP contribution in [0, 0.1) is 11.6 Å². The second kappa shape index (κ2) is 9.96. The fourth-order valence-corrected chi connectivity index (χ4v) is 4.65. The van der Waals surface area contributed by atoms with Crippen LogP contribution in [0.4, 0.5) is 13.6 Å². The number of carbonyl (C=O) groups is 2. The van der Waals surface area contributed by atoms with Crippen LogP contribution in [0.3, 0.4) is 0 Å². The van der Waals surface area contributed by atoms with Crippen LogP contribution in [0.1, 0.15) is 24.5 Å². The summed E-state index contributed by atoms with van der Waals surface area (Å²) in [6.07, 6.45) is -1.28. The van der Waals surface area contributed by atoms with Crippen molar-refractivity contribution in [2.24, 2.45) is 21.6 Å². The monoisotopic (exact) mass is 476 g/mol. The minimum Gasteiger partial charge on any atom is -0.383 e. The number of nitrogens with two attached hydrogens (primary N) is 2. The first-order valence-electron chi connectivity index (χ1n) is 9.82. The van der Waals surface area contributed by atoms with E-state index in [1.807, 2.05) is 0 Å². The van der Waals surface area contributed by atoms with Crippen LogP contribution in [-0.4, -0.2) is 45.7 Å². The molecule has 0 fully saturated rings. The van der Waals surface area contributed by atoms with Gasteiger partial charge in [0.15, 0.2) is 5.96 Å². The van der Waals surface area contributed by atoms with Crippen LogP contribution in [0.15, 0.2) is 58.6 Å². The van der Waals surface area contributed by atoms with Gasteiger partial charge in [0.2, 0.25) is 0 Å². The van der Waals surface area contributed by atoms with E-state index in [9.17, 15) is 23.5 Å². The number of primary amides is 1. The number of halogens is 2. The zero-order valence-electron chi connectivity index (χ0n) is 17.5. The van der Waals surface area contributed by atoms with Crippen molar-refractivity contribution in [2.45, 2.75) is 24.3 Å². The number of hydrogen-bond acceptors (Lipinski definition) is 5. The lowest BCUT2D eigenvalue weighted by atomic mass is 10.0. The summed E-state index contributed by atoms with van der Waals surface area (Å²) in [7, 11) is 0. The molecule has 2 unspecified atom stereocenters.